The van der Waals surface area contributed by atoms with Crippen molar-refractivity contribution in [3.8, 4) is 0 Å². The Labute approximate surface area is 152 Å². The maximum Gasteiger partial charge on any atom is 0.186 e. The van der Waals surface area contributed by atoms with Crippen molar-refractivity contribution in [2.45, 2.75) is 18.8 Å². The molecule has 1 saturated heterocycles. The number of fused-ring (bicyclic) bond motifs is 2. The fourth-order valence-electron chi connectivity index (χ4n) is 3.42. The van der Waals surface area contributed by atoms with E-state index in [1.165, 1.54) is 15.8 Å². The Kier molecular flexibility index (Phi) is 3.68. The van der Waals surface area contributed by atoms with Gasteiger partial charge in [0.2, 0.25) is 0 Å². The third-order valence-corrected chi connectivity index (χ3v) is 7.06. The molecule has 0 bridgehead atoms. The van der Waals surface area contributed by atoms with Crippen molar-refractivity contribution in [3.63, 3.8) is 0 Å². The van der Waals surface area contributed by atoms with Gasteiger partial charge in [0.25, 0.3) is 0 Å². The number of hydrogen-bond donors (Lipinski definition) is 0. The average Bonchev–Trinajstić information content (AvgIpc) is 3.27. The number of anilines is 1. The SMILES string of the molecule is Fc1cccc2sc(N3CCC(c4nc5ccccc5s4)CC3)nc12. The molecule has 1 aliphatic heterocycles. The zero-order valence-corrected chi connectivity index (χ0v) is 15.1. The van der Waals surface area contributed by atoms with Crippen molar-refractivity contribution in [1.29, 1.82) is 0 Å². The number of thiazole rings is 2. The van der Waals surface area contributed by atoms with E-state index in [9.17, 15) is 4.39 Å². The molecule has 2 aromatic carbocycles. The molecule has 0 saturated carbocycles. The summed E-state index contributed by atoms with van der Waals surface area (Å²) in [6.45, 7) is 1.89. The Balaban J connectivity index is 1.35. The molecule has 0 radical (unpaired) electrons. The van der Waals surface area contributed by atoms with Gasteiger partial charge in [-0.05, 0) is 37.1 Å². The normalized spacial score (nSPS) is 16.1. The molecular weight excluding hydrogens is 353 g/mol. The summed E-state index contributed by atoms with van der Waals surface area (Å²) in [6, 6.07) is 13.5. The number of halogens is 1. The number of hydrogen-bond acceptors (Lipinski definition) is 5. The number of aromatic nitrogens is 2. The minimum absolute atomic E-state index is 0.232. The molecule has 0 spiro atoms. The lowest BCUT2D eigenvalue weighted by Crippen LogP contribution is -2.32. The molecule has 2 aromatic heterocycles. The lowest BCUT2D eigenvalue weighted by molar-refractivity contribution is 0.504. The van der Waals surface area contributed by atoms with Crippen molar-refractivity contribution in [2.75, 3.05) is 18.0 Å². The minimum Gasteiger partial charge on any atom is -0.348 e. The largest absolute Gasteiger partial charge is 0.348 e. The predicted molar refractivity (Wildman–Crippen MR) is 103 cm³/mol. The average molecular weight is 369 g/mol. The van der Waals surface area contributed by atoms with E-state index in [0.29, 0.717) is 11.4 Å². The predicted octanol–water partition coefficient (Wildman–Crippen LogP) is 5.43. The van der Waals surface area contributed by atoms with Crippen LogP contribution in [0.1, 0.15) is 23.8 Å². The molecule has 0 atom stereocenters. The van der Waals surface area contributed by atoms with Gasteiger partial charge >= 0.3 is 0 Å². The first-order valence-electron chi connectivity index (χ1n) is 8.43. The first-order chi connectivity index (χ1) is 12.3. The lowest BCUT2D eigenvalue weighted by Gasteiger charge is -2.30. The molecule has 4 aromatic rings. The van der Waals surface area contributed by atoms with Crippen LogP contribution in [0.3, 0.4) is 0 Å². The monoisotopic (exact) mass is 369 g/mol. The van der Waals surface area contributed by atoms with Gasteiger partial charge in [0.1, 0.15) is 11.3 Å². The van der Waals surface area contributed by atoms with Crippen molar-refractivity contribution >= 4 is 48.2 Å². The highest BCUT2D eigenvalue weighted by atomic mass is 32.1. The molecule has 0 unspecified atom stereocenters. The Morgan fingerprint density at radius 1 is 0.920 bits per heavy atom. The summed E-state index contributed by atoms with van der Waals surface area (Å²) in [5.41, 5.74) is 1.60. The summed E-state index contributed by atoms with van der Waals surface area (Å²) in [5.74, 6) is 0.282. The van der Waals surface area contributed by atoms with Crippen LogP contribution in [-0.4, -0.2) is 23.1 Å². The van der Waals surface area contributed by atoms with Gasteiger partial charge in [-0.1, -0.05) is 29.5 Å². The molecule has 3 heterocycles. The second-order valence-corrected chi connectivity index (χ2v) is 8.44. The third kappa shape index (κ3) is 2.69. The summed E-state index contributed by atoms with van der Waals surface area (Å²) < 4.78 is 16.1. The molecule has 1 fully saturated rings. The van der Waals surface area contributed by atoms with E-state index in [1.807, 2.05) is 23.5 Å². The topological polar surface area (TPSA) is 29.0 Å². The van der Waals surface area contributed by atoms with E-state index >= 15 is 0 Å². The molecule has 3 nitrogen and oxygen atoms in total. The first kappa shape index (κ1) is 15.2. The number of piperidine rings is 1. The number of nitrogens with zero attached hydrogens (tertiary/aromatic N) is 3. The molecule has 0 N–H and O–H groups in total. The Morgan fingerprint density at radius 2 is 1.72 bits per heavy atom. The van der Waals surface area contributed by atoms with Crippen LogP contribution < -0.4 is 4.90 Å². The second-order valence-electron chi connectivity index (χ2n) is 6.36. The highest BCUT2D eigenvalue weighted by Crippen LogP contribution is 2.37. The molecule has 1 aliphatic rings. The quantitative estimate of drug-likeness (QED) is 0.472. The maximum atomic E-state index is 13.9. The summed E-state index contributed by atoms with van der Waals surface area (Å²) in [6.07, 6.45) is 2.14. The first-order valence-corrected chi connectivity index (χ1v) is 10.1. The summed E-state index contributed by atoms with van der Waals surface area (Å²) in [4.78, 5) is 11.6. The van der Waals surface area contributed by atoms with Gasteiger partial charge in [-0.25, -0.2) is 14.4 Å². The van der Waals surface area contributed by atoms with Crippen molar-refractivity contribution in [1.82, 2.24) is 9.97 Å². The maximum absolute atomic E-state index is 13.9. The Morgan fingerprint density at radius 3 is 2.52 bits per heavy atom. The molecule has 25 heavy (non-hydrogen) atoms. The minimum atomic E-state index is -0.232. The van der Waals surface area contributed by atoms with Crippen LogP contribution in [0.5, 0.6) is 0 Å². The van der Waals surface area contributed by atoms with E-state index < -0.39 is 0 Å². The second kappa shape index (κ2) is 6.04. The van der Waals surface area contributed by atoms with Crippen LogP contribution >= 0.6 is 22.7 Å². The smallest absolute Gasteiger partial charge is 0.186 e. The highest BCUT2D eigenvalue weighted by Gasteiger charge is 2.25. The molecule has 0 aliphatic carbocycles. The highest BCUT2D eigenvalue weighted by molar-refractivity contribution is 7.22. The van der Waals surface area contributed by atoms with Crippen LogP contribution in [0.4, 0.5) is 9.52 Å². The molecule has 126 valence electrons. The molecular formula is C19H16FN3S2. The van der Waals surface area contributed by atoms with E-state index in [4.69, 9.17) is 4.98 Å². The van der Waals surface area contributed by atoms with Crippen molar-refractivity contribution in [2.24, 2.45) is 0 Å². The van der Waals surface area contributed by atoms with Crippen molar-refractivity contribution < 1.29 is 4.39 Å². The Bertz CT molecular complexity index is 1010. The number of rotatable bonds is 2. The summed E-state index contributed by atoms with van der Waals surface area (Å²) in [5, 5.41) is 2.18. The van der Waals surface area contributed by atoms with Gasteiger partial charge in [0.05, 0.1) is 19.9 Å². The van der Waals surface area contributed by atoms with E-state index in [1.54, 1.807) is 17.4 Å². The fraction of sp³-hybridized carbons (Fsp3) is 0.263. The van der Waals surface area contributed by atoms with Gasteiger partial charge in [-0.15, -0.1) is 11.3 Å². The van der Waals surface area contributed by atoms with Gasteiger partial charge in [0.15, 0.2) is 5.13 Å². The summed E-state index contributed by atoms with van der Waals surface area (Å²) >= 11 is 3.39. The Hall–Kier alpha value is -2.05. The lowest BCUT2D eigenvalue weighted by atomic mass is 9.98. The van der Waals surface area contributed by atoms with Crippen LogP contribution in [-0.2, 0) is 0 Å². The molecule has 5 rings (SSSR count). The van der Waals surface area contributed by atoms with Crippen LogP contribution in [0.15, 0.2) is 42.5 Å². The van der Waals surface area contributed by atoms with Crippen LogP contribution in [0.2, 0.25) is 0 Å². The van der Waals surface area contributed by atoms with Gasteiger partial charge in [-0.3, -0.25) is 0 Å². The number of benzene rings is 2. The molecule has 0 amide bonds. The van der Waals surface area contributed by atoms with E-state index in [-0.39, 0.29) is 5.82 Å². The zero-order chi connectivity index (χ0) is 16.8. The number of para-hydroxylation sites is 2. The fourth-order valence-corrected chi connectivity index (χ4v) is 5.59. The van der Waals surface area contributed by atoms with Crippen LogP contribution in [0, 0.1) is 5.82 Å². The van der Waals surface area contributed by atoms with E-state index in [2.05, 4.69) is 28.1 Å². The standard InChI is InChI=1S/C19H16FN3S2/c20-13-4-3-7-16-17(13)22-19(25-16)23-10-8-12(9-11-23)18-21-14-5-1-2-6-15(14)24-18/h1-7,12H,8-11H2. The van der Waals surface area contributed by atoms with E-state index in [0.717, 1.165) is 41.3 Å². The zero-order valence-electron chi connectivity index (χ0n) is 13.5. The van der Waals surface area contributed by atoms with Crippen molar-refractivity contribution in [3.05, 3.63) is 53.3 Å². The molecule has 6 heteroatoms. The van der Waals surface area contributed by atoms with Crippen LogP contribution in [0.25, 0.3) is 20.4 Å². The summed E-state index contributed by atoms with van der Waals surface area (Å²) in [7, 11) is 0. The van der Waals surface area contributed by atoms with Gasteiger partial charge < -0.3 is 4.90 Å². The third-order valence-electron chi connectivity index (χ3n) is 4.78. The van der Waals surface area contributed by atoms with Gasteiger partial charge in [0, 0.05) is 19.0 Å². The van der Waals surface area contributed by atoms with Gasteiger partial charge in [-0.2, -0.15) is 0 Å².